The van der Waals surface area contributed by atoms with E-state index in [1.165, 1.54) is 24.3 Å². The Morgan fingerprint density at radius 1 is 1.00 bits per heavy atom. The summed E-state index contributed by atoms with van der Waals surface area (Å²) in [6.45, 7) is 1.55. The number of halogens is 1. The van der Waals surface area contributed by atoms with Crippen molar-refractivity contribution >= 4 is 17.5 Å². The largest absolute Gasteiger partial charge is 0.273 e. The van der Waals surface area contributed by atoms with Gasteiger partial charge >= 0.3 is 0 Å². The van der Waals surface area contributed by atoms with Gasteiger partial charge in [0.1, 0.15) is 5.82 Å². The van der Waals surface area contributed by atoms with Crippen LogP contribution in [0.15, 0.2) is 42.5 Å². The Labute approximate surface area is 130 Å². The number of hydrogen-bond acceptors (Lipinski definition) is 4. The first-order valence-electron chi connectivity index (χ1n) is 6.50. The van der Waals surface area contributed by atoms with Crippen molar-refractivity contribution in [3.05, 3.63) is 75.1 Å². The second-order valence-corrected chi connectivity index (χ2v) is 4.67. The number of carbonyl (C=O) groups is 2. The number of benzene rings is 2. The minimum absolute atomic E-state index is 0.0294. The maximum atomic E-state index is 12.8. The van der Waals surface area contributed by atoms with Crippen LogP contribution in [0.2, 0.25) is 0 Å². The smallest absolute Gasteiger partial charge is 0.267 e. The van der Waals surface area contributed by atoms with Gasteiger partial charge in [0, 0.05) is 22.8 Å². The van der Waals surface area contributed by atoms with E-state index in [1.807, 2.05) is 0 Å². The van der Waals surface area contributed by atoms with Gasteiger partial charge in [-0.25, -0.2) is 4.39 Å². The van der Waals surface area contributed by atoms with Gasteiger partial charge < -0.3 is 0 Å². The highest BCUT2D eigenvalue weighted by Crippen LogP contribution is 2.19. The number of nitrogens with zero attached hydrogens (tertiary/aromatic N) is 1. The molecule has 23 heavy (non-hydrogen) atoms. The molecule has 2 rings (SSSR count). The molecule has 7 nitrogen and oxygen atoms in total. The summed E-state index contributed by atoms with van der Waals surface area (Å²) in [5, 5.41) is 10.8. The summed E-state index contributed by atoms with van der Waals surface area (Å²) in [5.74, 6) is -1.83. The van der Waals surface area contributed by atoms with Gasteiger partial charge in [0.25, 0.3) is 17.5 Å². The van der Waals surface area contributed by atoms with Gasteiger partial charge in [0.15, 0.2) is 0 Å². The number of rotatable bonds is 3. The van der Waals surface area contributed by atoms with E-state index in [0.29, 0.717) is 5.56 Å². The molecule has 2 aromatic carbocycles. The van der Waals surface area contributed by atoms with E-state index in [1.54, 1.807) is 6.92 Å². The van der Waals surface area contributed by atoms with E-state index in [-0.39, 0.29) is 16.8 Å². The fourth-order valence-corrected chi connectivity index (χ4v) is 1.81. The van der Waals surface area contributed by atoms with Crippen molar-refractivity contribution in [3.63, 3.8) is 0 Å². The van der Waals surface area contributed by atoms with Crippen LogP contribution in [0.5, 0.6) is 0 Å². The predicted molar refractivity (Wildman–Crippen MR) is 79.2 cm³/mol. The fourth-order valence-electron chi connectivity index (χ4n) is 1.81. The van der Waals surface area contributed by atoms with Crippen LogP contribution in [0, 0.1) is 22.9 Å². The van der Waals surface area contributed by atoms with Crippen molar-refractivity contribution in [1.82, 2.24) is 10.9 Å². The average Bonchev–Trinajstić information content (AvgIpc) is 2.53. The zero-order chi connectivity index (χ0) is 17.0. The Bertz CT molecular complexity index is 775. The van der Waals surface area contributed by atoms with Crippen LogP contribution < -0.4 is 10.9 Å². The lowest BCUT2D eigenvalue weighted by Gasteiger charge is -2.08. The summed E-state index contributed by atoms with van der Waals surface area (Å²) >= 11 is 0. The summed E-state index contributed by atoms with van der Waals surface area (Å²) in [4.78, 5) is 33.9. The standard InChI is InChI=1S/C15H12FN3O4/c1-9-2-3-11(8-13(9)19(22)23)15(21)18-17-14(20)10-4-6-12(16)7-5-10/h2-8H,1H3,(H,17,20)(H,18,21). The summed E-state index contributed by atoms with van der Waals surface area (Å²) in [6, 6.07) is 8.70. The van der Waals surface area contributed by atoms with Crippen LogP contribution in [0.3, 0.4) is 0 Å². The molecule has 0 heterocycles. The summed E-state index contributed by atoms with van der Waals surface area (Å²) < 4.78 is 12.8. The third kappa shape index (κ3) is 3.88. The Kier molecular flexibility index (Phi) is 4.65. The maximum absolute atomic E-state index is 12.8. The number of carbonyl (C=O) groups excluding carboxylic acids is 2. The van der Waals surface area contributed by atoms with E-state index in [2.05, 4.69) is 10.9 Å². The van der Waals surface area contributed by atoms with Crippen LogP contribution in [-0.2, 0) is 0 Å². The second-order valence-electron chi connectivity index (χ2n) is 4.67. The minimum Gasteiger partial charge on any atom is -0.267 e. The monoisotopic (exact) mass is 317 g/mol. The number of aryl methyl sites for hydroxylation is 1. The summed E-state index contributed by atoms with van der Waals surface area (Å²) in [5.41, 5.74) is 4.70. The number of nitro groups is 1. The molecule has 118 valence electrons. The maximum Gasteiger partial charge on any atom is 0.273 e. The number of nitrogens with one attached hydrogen (secondary N) is 2. The van der Waals surface area contributed by atoms with E-state index in [0.717, 1.165) is 18.2 Å². The quantitative estimate of drug-likeness (QED) is 0.668. The highest BCUT2D eigenvalue weighted by molar-refractivity contribution is 5.99. The van der Waals surface area contributed by atoms with Crippen LogP contribution in [-0.4, -0.2) is 16.7 Å². The van der Waals surface area contributed by atoms with Crippen molar-refractivity contribution < 1.29 is 18.9 Å². The first-order valence-corrected chi connectivity index (χ1v) is 6.50. The molecule has 0 bridgehead atoms. The molecule has 0 aliphatic rings. The topological polar surface area (TPSA) is 101 Å². The molecule has 0 radical (unpaired) electrons. The first kappa shape index (κ1) is 16.1. The lowest BCUT2D eigenvalue weighted by molar-refractivity contribution is -0.385. The van der Waals surface area contributed by atoms with Crippen molar-refractivity contribution in [3.8, 4) is 0 Å². The molecule has 0 atom stereocenters. The number of hydrazine groups is 1. The van der Waals surface area contributed by atoms with E-state index < -0.39 is 22.6 Å². The molecule has 0 aliphatic heterocycles. The summed E-state index contributed by atoms with van der Waals surface area (Å²) in [6.07, 6.45) is 0. The van der Waals surface area contributed by atoms with Crippen LogP contribution >= 0.6 is 0 Å². The SMILES string of the molecule is Cc1ccc(C(=O)NNC(=O)c2ccc(F)cc2)cc1[N+](=O)[O-]. The van der Waals surface area contributed by atoms with Gasteiger partial charge in [-0.3, -0.25) is 30.6 Å². The molecule has 0 aliphatic carbocycles. The van der Waals surface area contributed by atoms with Gasteiger partial charge in [-0.2, -0.15) is 0 Å². The first-order chi connectivity index (χ1) is 10.9. The molecule has 0 saturated carbocycles. The Morgan fingerprint density at radius 3 is 2.09 bits per heavy atom. The van der Waals surface area contributed by atoms with Crippen molar-refractivity contribution in [1.29, 1.82) is 0 Å². The van der Waals surface area contributed by atoms with Gasteiger partial charge in [-0.15, -0.1) is 0 Å². The fraction of sp³-hybridized carbons (Fsp3) is 0.0667. The van der Waals surface area contributed by atoms with Crippen molar-refractivity contribution in [2.45, 2.75) is 6.92 Å². The number of nitro benzene ring substituents is 1. The van der Waals surface area contributed by atoms with Crippen molar-refractivity contribution in [2.75, 3.05) is 0 Å². The molecule has 2 aromatic rings. The highest BCUT2D eigenvalue weighted by atomic mass is 19.1. The second kappa shape index (κ2) is 6.65. The van der Waals surface area contributed by atoms with E-state index >= 15 is 0 Å². The normalized spacial score (nSPS) is 10.0. The number of hydrogen-bond donors (Lipinski definition) is 2. The molecule has 0 fully saturated rings. The lowest BCUT2D eigenvalue weighted by Crippen LogP contribution is -2.41. The Hall–Kier alpha value is -3.29. The van der Waals surface area contributed by atoms with Gasteiger partial charge in [0.2, 0.25) is 0 Å². The van der Waals surface area contributed by atoms with Gasteiger partial charge in [0.05, 0.1) is 4.92 Å². The van der Waals surface area contributed by atoms with Crippen LogP contribution in [0.1, 0.15) is 26.3 Å². The molecule has 8 heteroatoms. The van der Waals surface area contributed by atoms with E-state index in [4.69, 9.17) is 0 Å². The predicted octanol–water partition coefficient (Wildman–Crippen LogP) is 2.12. The number of amides is 2. The molecule has 2 N–H and O–H groups in total. The molecule has 0 unspecified atom stereocenters. The average molecular weight is 317 g/mol. The summed E-state index contributed by atoms with van der Waals surface area (Å²) in [7, 11) is 0. The molecule has 0 spiro atoms. The van der Waals surface area contributed by atoms with Crippen LogP contribution in [0.25, 0.3) is 0 Å². The molecule has 0 saturated heterocycles. The third-order valence-electron chi connectivity index (χ3n) is 3.06. The van der Waals surface area contributed by atoms with Crippen LogP contribution in [0.4, 0.5) is 10.1 Å². The Morgan fingerprint density at radius 2 is 1.52 bits per heavy atom. The zero-order valence-corrected chi connectivity index (χ0v) is 12.0. The van der Waals surface area contributed by atoms with Crippen molar-refractivity contribution in [2.24, 2.45) is 0 Å². The van der Waals surface area contributed by atoms with E-state index in [9.17, 15) is 24.1 Å². The zero-order valence-electron chi connectivity index (χ0n) is 12.0. The lowest BCUT2D eigenvalue weighted by atomic mass is 10.1. The Balaban J connectivity index is 2.05. The highest BCUT2D eigenvalue weighted by Gasteiger charge is 2.15. The molecule has 2 amide bonds. The third-order valence-corrected chi connectivity index (χ3v) is 3.06. The molecular weight excluding hydrogens is 305 g/mol. The van der Waals surface area contributed by atoms with Gasteiger partial charge in [-0.05, 0) is 37.3 Å². The minimum atomic E-state index is -0.705. The molecular formula is C15H12FN3O4. The van der Waals surface area contributed by atoms with Gasteiger partial charge in [-0.1, -0.05) is 6.07 Å². The molecule has 0 aromatic heterocycles.